The molecule has 1 N–H and O–H groups in total. The zero-order valence-electron chi connectivity index (χ0n) is 10.3. The molecule has 19 heavy (non-hydrogen) atoms. The van der Waals surface area contributed by atoms with Crippen LogP contribution in [0.1, 0.15) is 0 Å². The van der Waals surface area contributed by atoms with Gasteiger partial charge in [-0.1, -0.05) is 0 Å². The molecule has 0 aliphatic carbocycles. The normalized spacial score (nSPS) is 18.1. The van der Waals surface area contributed by atoms with Crippen LogP contribution in [0.25, 0.3) is 0 Å². The van der Waals surface area contributed by atoms with Crippen molar-refractivity contribution in [2.24, 2.45) is 0 Å². The maximum absolute atomic E-state index is 12.8. The summed E-state index contributed by atoms with van der Waals surface area (Å²) in [4.78, 5) is 23.9. The Morgan fingerprint density at radius 3 is 2.84 bits per heavy atom. The quantitative estimate of drug-likeness (QED) is 0.902. The minimum Gasteiger partial charge on any atom is -0.453 e. The highest BCUT2D eigenvalue weighted by Gasteiger charge is 2.32. The molecule has 0 radical (unpaired) electrons. The number of hydrogen-bond donors (Lipinski definition) is 1. The number of alkyl carbamates (subject to hydrolysis) is 1. The van der Waals surface area contributed by atoms with Crippen LogP contribution < -0.4 is 10.2 Å². The van der Waals surface area contributed by atoms with Crippen LogP contribution in [0.3, 0.4) is 0 Å². The Morgan fingerprint density at radius 1 is 1.53 bits per heavy atom. The van der Waals surface area contributed by atoms with Gasteiger partial charge in [-0.2, -0.15) is 0 Å². The highest BCUT2D eigenvalue weighted by Crippen LogP contribution is 2.21. The Morgan fingerprint density at radius 2 is 2.21 bits per heavy atom. The van der Waals surface area contributed by atoms with Crippen LogP contribution in [-0.4, -0.2) is 38.5 Å². The minimum atomic E-state index is -0.587. The third-order valence-corrected chi connectivity index (χ3v) is 2.67. The van der Waals surface area contributed by atoms with Gasteiger partial charge in [0, 0.05) is 5.69 Å². The molecule has 1 aliphatic rings. The van der Waals surface area contributed by atoms with Crippen LogP contribution in [0.15, 0.2) is 24.3 Å². The molecule has 0 spiro atoms. The second kappa shape index (κ2) is 5.55. The van der Waals surface area contributed by atoms with E-state index in [-0.39, 0.29) is 18.9 Å². The van der Waals surface area contributed by atoms with Crippen molar-refractivity contribution < 1.29 is 23.5 Å². The van der Waals surface area contributed by atoms with Gasteiger partial charge in [-0.3, -0.25) is 4.90 Å². The first-order valence-corrected chi connectivity index (χ1v) is 5.65. The molecular formula is C12H13FN2O4. The average molecular weight is 268 g/mol. The first-order chi connectivity index (χ1) is 9.10. The lowest BCUT2D eigenvalue weighted by atomic mass is 10.2. The van der Waals surface area contributed by atoms with Gasteiger partial charge in [0.15, 0.2) is 0 Å². The zero-order valence-corrected chi connectivity index (χ0v) is 10.3. The summed E-state index contributed by atoms with van der Waals surface area (Å²) in [5.74, 6) is -0.375. The number of hydrogen-bond acceptors (Lipinski definition) is 4. The topological polar surface area (TPSA) is 67.9 Å². The zero-order chi connectivity index (χ0) is 13.8. The Kier molecular flexibility index (Phi) is 3.84. The molecule has 102 valence electrons. The number of methoxy groups -OCH3 is 1. The van der Waals surface area contributed by atoms with Gasteiger partial charge in [-0.25, -0.2) is 14.0 Å². The first kappa shape index (κ1) is 13.1. The largest absolute Gasteiger partial charge is 0.453 e. The number of rotatable bonds is 3. The second-order valence-electron chi connectivity index (χ2n) is 3.97. The Labute approximate surface area is 109 Å². The van der Waals surface area contributed by atoms with Crippen molar-refractivity contribution in [3.05, 3.63) is 30.1 Å². The summed E-state index contributed by atoms with van der Waals surface area (Å²) in [6.07, 6.45) is -1.57. The fraction of sp³-hybridized carbons (Fsp3) is 0.333. The molecule has 1 unspecified atom stereocenters. The molecule has 1 aliphatic heterocycles. The van der Waals surface area contributed by atoms with Gasteiger partial charge < -0.3 is 14.8 Å². The summed E-state index contributed by atoms with van der Waals surface area (Å²) in [6, 6.07) is 5.52. The summed E-state index contributed by atoms with van der Waals surface area (Å²) in [6.45, 7) is 0.449. The van der Waals surface area contributed by atoms with Gasteiger partial charge in [0.25, 0.3) is 0 Å². The molecular weight excluding hydrogens is 255 g/mol. The van der Waals surface area contributed by atoms with Gasteiger partial charge in [0.1, 0.15) is 11.9 Å². The molecule has 0 bridgehead atoms. The number of nitrogens with one attached hydrogen (secondary N) is 1. The van der Waals surface area contributed by atoms with E-state index in [0.717, 1.165) is 0 Å². The van der Waals surface area contributed by atoms with Gasteiger partial charge in [0.2, 0.25) is 0 Å². The predicted molar refractivity (Wildman–Crippen MR) is 64.4 cm³/mol. The highest BCUT2D eigenvalue weighted by atomic mass is 19.1. The van der Waals surface area contributed by atoms with Crippen LogP contribution in [0.2, 0.25) is 0 Å². The number of ether oxygens (including phenoxy) is 2. The van der Waals surface area contributed by atoms with E-state index in [1.807, 2.05) is 0 Å². The standard InChI is InChI=1S/C12H13FN2O4/c1-18-11(16)14-6-10-7-15(12(17)19-10)9-4-2-8(13)3-5-9/h2-5,10H,6-7H2,1H3,(H,14,16). The lowest BCUT2D eigenvalue weighted by molar-refractivity contribution is 0.132. The molecule has 0 saturated carbocycles. The molecule has 1 heterocycles. The van der Waals surface area contributed by atoms with Crippen molar-refractivity contribution in [2.75, 3.05) is 25.1 Å². The van der Waals surface area contributed by atoms with Crippen LogP contribution in [-0.2, 0) is 9.47 Å². The van der Waals surface area contributed by atoms with Crippen molar-refractivity contribution in [2.45, 2.75) is 6.10 Å². The number of nitrogens with zero attached hydrogens (tertiary/aromatic N) is 1. The van der Waals surface area contributed by atoms with Crippen LogP contribution >= 0.6 is 0 Å². The van der Waals surface area contributed by atoms with Crippen LogP contribution in [0.5, 0.6) is 0 Å². The van der Waals surface area contributed by atoms with Crippen molar-refractivity contribution in [3.63, 3.8) is 0 Å². The SMILES string of the molecule is COC(=O)NCC1CN(c2ccc(F)cc2)C(=O)O1. The number of cyclic esters (lactones) is 1. The smallest absolute Gasteiger partial charge is 0.414 e. The van der Waals surface area contributed by atoms with Gasteiger partial charge >= 0.3 is 12.2 Å². The Hall–Kier alpha value is -2.31. The number of carbonyl (C=O) groups excluding carboxylic acids is 2. The van der Waals surface area contributed by atoms with Crippen molar-refractivity contribution in [3.8, 4) is 0 Å². The molecule has 2 amide bonds. The van der Waals surface area contributed by atoms with E-state index in [1.54, 1.807) is 0 Å². The van der Waals surface area contributed by atoms with Crippen molar-refractivity contribution >= 4 is 17.9 Å². The van der Waals surface area contributed by atoms with E-state index in [4.69, 9.17) is 4.74 Å². The third kappa shape index (κ3) is 3.12. The number of benzene rings is 1. The fourth-order valence-electron chi connectivity index (χ4n) is 1.73. The predicted octanol–water partition coefficient (Wildman–Crippen LogP) is 1.51. The Bertz CT molecular complexity index is 477. The number of carbonyl (C=O) groups is 2. The van der Waals surface area contributed by atoms with E-state index >= 15 is 0 Å². The summed E-state index contributed by atoms with van der Waals surface area (Å²) in [5.41, 5.74) is 0.548. The maximum Gasteiger partial charge on any atom is 0.414 e. The number of amides is 2. The molecule has 7 heteroatoms. The van der Waals surface area contributed by atoms with E-state index in [0.29, 0.717) is 5.69 Å². The summed E-state index contributed by atoms with van der Waals surface area (Å²) in [5, 5.41) is 2.45. The molecule has 1 fully saturated rings. The fourth-order valence-corrected chi connectivity index (χ4v) is 1.73. The molecule has 6 nitrogen and oxygen atoms in total. The van der Waals surface area contributed by atoms with Crippen LogP contribution in [0.4, 0.5) is 19.7 Å². The lowest BCUT2D eigenvalue weighted by Gasteiger charge is -2.12. The number of halogens is 1. The molecule has 0 aromatic heterocycles. The van der Waals surface area contributed by atoms with Gasteiger partial charge in [-0.05, 0) is 24.3 Å². The van der Waals surface area contributed by atoms with E-state index < -0.39 is 18.3 Å². The van der Waals surface area contributed by atoms with Crippen LogP contribution in [0, 0.1) is 5.82 Å². The van der Waals surface area contributed by atoms with E-state index in [1.165, 1.54) is 36.3 Å². The summed E-state index contributed by atoms with van der Waals surface area (Å²) < 4.78 is 22.3. The van der Waals surface area contributed by atoms with Gasteiger partial charge in [-0.15, -0.1) is 0 Å². The minimum absolute atomic E-state index is 0.163. The molecule has 2 rings (SSSR count). The lowest BCUT2D eigenvalue weighted by Crippen LogP contribution is -2.34. The monoisotopic (exact) mass is 268 g/mol. The molecule has 1 aromatic carbocycles. The molecule has 1 saturated heterocycles. The summed E-state index contributed by atoms with van der Waals surface area (Å²) >= 11 is 0. The first-order valence-electron chi connectivity index (χ1n) is 5.65. The summed E-state index contributed by atoms with van der Waals surface area (Å²) in [7, 11) is 1.25. The highest BCUT2D eigenvalue weighted by molar-refractivity contribution is 5.89. The Balaban J connectivity index is 1.96. The third-order valence-electron chi connectivity index (χ3n) is 2.67. The van der Waals surface area contributed by atoms with Gasteiger partial charge in [0.05, 0.1) is 20.2 Å². The van der Waals surface area contributed by atoms with E-state index in [9.17, 15) is 14.0 Å². The number of anilines is 1. The average Bonchev–Trinajstić information content (AvgIpc) is 2.78. The molecule has 1 aromatic rings. The van der Waals surface area contributed by atoms with Crippen molar-refractivity contribution in [1.82, 2.24) is 5.32 Å². The second-order valence-corrected chi connectivity index (χ2v) is 3.97. The van der Waals surface area contributed by atoms with Crippen molar-refractivity contribution in [1.29, 1.82) is 0 Å². The molecule has 1 atom stereocenters. The van der Waals surface area contributed by atoms with E-state index in [2.05, 4.69) is 10.1 Å². The maximum atomic E-state index is 12.8.